The van der Waals surface area contributed by atoms with E-state index in [0.29, 0.717) is 6.04 Å². The Hall–Kier alpha value is -1.19. The van der Waals surface area contributed by atoms with Gasteiger partial charge in [0.15, 0.2) is 0 Å². The van der Waals surface area contributed by atoms with Gasteiger partial charge in [0.25, 0.3) is 0 Å². The molecule has 0 radical (unpaired) electrons. The van der Waals surface area contributed by atoms with Crippen LogP contribution in [0.5, 0.6) is 0 Å². The van der Waals surface area contributed by atoms with E-state index in [4.69, 9.17) is 0 Å². The van der Waals surface area contributed by atoms with Gasteiger partial charge in [0.05, 0.1) is 5.69 Å². The van der Waals surface area contributed by atoms with Gasteiger partial charge in [-0.2, -0.15) is 0 Å². The van der Waals surface area contributed by atoms with Crippen molar-refractivity contribution in [3.63, 3.8) is 0 Å². The molecule has 0 spiro atoms. The van der Waals surface area contributed by atoms with Gasteiger partial charge in [-0.15, -0.1) is 11.3 Å². The molecule has 1 unspecified atom stereocenters. The van der Waals surface area contributed by atoms with Gasteiger partial charge in [0, 0.05) is 17.5 Å². The SMILES string of the molecule is CCC(NCc1nc(C)c(C)s1)c1ccccc1. The molecule has 2 aromatic rings. The molecule has 96 valence electrons. The number of aryl methyl sites for hydroxylation is 2. The van der Waals surface area contributed by atoms with Crippen LogP contribution in [0.1, 0.15) is 40.5 Å². The fourth-order valence-corrected chi connectivity index (χ4v) is 2.89. The molecule has 1 heterocycles. The van der Waals surface area contributed by atoms with Gasteiger partial charge < -0.3 is 5.32 Å². The molecular formula is C15H20N2S. The summed E-state index contributed by atoms with van der Waals surface area (Å²) in [7, 11) is 0. The number of rotatable bonds is 5. The van der Waals surface area contributed by atoms with Crippen molar-refractivity contribution in [1.29, 1.82) is 0 Å². The van der Waals surface area contributed by atoms with Crippen LogP contribution in [0.4, 0.5) is 0 Å². The van der Waals surface area contributed by atoms with E-state index >= 15 is 0 Å². The van der Waals surface area contributed by atoms with E-state index in [-0.39, 0.29) is 0 Å². The fraction of sp³-hybridized carbons (Fsp3) is 0.400. The van der Waals surface area contributed by atoms with E-state index in [1.165, 1.54) is 15.4 Å². The van der Waals surface area contributed by atoms with Crippen molar-refractivity contribution in [3.05, 3.63) is 51.5 Å². The molecule has 2 rings (SSSR count). The van der Waals surface area contributed by atoms with Gasteiger partial charge >= 0.3 is 0 Å². The van der Waals surface area contributed by atoms with E-state index in [2.05, 4.69) is 61.4 Å². The Morgan fingerprint density at radius 3 is 2.50 bits per heavy atom. The molecule has 0 aliphatic heterocycles. The van der Waals surface area contributed by atoms with E-state index in [1.807, 2.05) is 0 Å². The third-order valence-electron chi connectivity index (χ3n) is 3.18. The highest BCUT2D eigenvalue weighted by Crippen LogP contribution is 2.19. The summed E-state index contributed by atoms with van der Waals surface area (Å²) in [5.74, 6) is 0. The zero-order valence-electron chi connectivity index (χ0n) is 11.2. The second kappa shape index (κ2) is 6.12. The molecule has 1 aromatic carbocycles. The highest BCUT2D eigenvalue weighted by atomic mass is 32.1. The first-order valence-corrected chi connectivity index (χ1v) is 7.23. The van der Waals surface area contributed by atoms with Crippen molar-refractivity contribution in [3.8, 4) is 0 Å². The first-order valence-electron chi connectivity index (χ1n) is 6.42. The lowest BCUT2D eigenvalue weighted by atomic mass is 10.1. The average molecular weight is 260 g/mol. The molecule has 0 saturated heterocycles. The molecule has 0 aliphatic rings. The molecule has 1 aromatic heterocycles. The highest BCUT2D eigenvalue weighted by Gasteiger charge is 2.09. The van der Waals surface area contributed by atoms with Crippen molar-refractivity contribution < 1.29 is 0 Å². The van der Waals surface area contributed by atoms with Crippen LogP contribution >= 0.6 is 11.3 Å². The van der Waals surface area contributed by atoms with Crippen LogP contribution in [-0.4, -0.2) is 4.98 Å². The molecule has 0 fully saturated rings. The summed E-state index contributed by atoms with van der Waals surface area (Å²) in [6.07, 6.45) is 1.09. The predicted octanol–water partition coefficient (Wildman–Crippen LogP) is 4.00. The minimum absolute atomic E-state index is 0.413. The Labute approximate surface area is 113 Å². The maximum Gasteiger partial charge on any atom is 0.107 e. The third kappa shape index (κ3) is 3.18. The Morgan fingerprint density at radius 1 is 1.22 bits per heavy atom. The first-order chi connectivity index (χ1) is 8.70. The summed E-state index contributed by atoms with van der Waals surface area (Å²) in [4.78, 5) is 5.89. The largest absolute Gasteiger partial charge is 0.304 e. The van der Waals surface area contributed by atoms with Crippen molar-refractivity contribution in [2.75, 3.05) is 0 Å². The number of thiazole rings is 1. The highest BCUT2D eigenvalue weighted by molar-refractivity contribution is 7.11. The Bertz CT molecular complexity index is 471. The maximum atomic E-state index is 4.57. The number of nitrogens with one attached hydrogen (secondary N) is 1. The van der Waals surface area contributed by atoms with Crippen molar-refractivity contribution in [2.24, 2.45) is 0 Å². The van der Waals surface area contributed by atoms with Gasteiger partial charge in [-0.3, -0.25) is 0 Å². The van der Waals surface area contributed by atoms with E-state index in [9.17, 15) is 0 Å². The first kappa shape index (κ1) is 13.2. The van der Waals surface area contributed by atoms with Gasteiger partial charge in [-0.25, -0.2) is 4.98 Å². The topological polar surface area (TPSA) is 24.9 Å². The standard InChI is InChI=1S/C15H20N2S/c1-4-14(13-8-6-5-7-9-13)16-10-15-17-11(2)12(3)18-15/h5-9,14,16H,4,10H2,1-3H3. The lowest BCUT2D eigenvalue weighted by Crippen LogP contribution is -2.20. The maximum absolute atomic E-state index is 4.57. The fourth-order valence-electron chi connectivity index (χ4n) is 2.01. The zero-order valence-corrected chi connectivity index (χ0v) is 12.1. The van der Waals surface area contributed by atoms with E-state index < -0.39 is 0 Å². The summed E-state index contributed by atoms with van der Waals surface area (Å²) in [5, 5.41) is 4.77. The predicted molar refractivity (Wildman–Crippen MR) is 77.9 cm³/mol. The Morgan fingerprint density at radius 2 is 1.94 bits per heavy atom. The van der Waals surface area contributed by atoms with Crippen LogP contribution in [0.15, 0.2) is 30.3 Å². The molecule has 0 bridgehead atoms. The van der Waals surface area contributed by atoms with Crippen LogP contribution in [0.25, 0.3) is 0 Å². The lowest BCUT2D eigenvalue weighted by Gasteiger charge is -2.16. The quantitative estimate of drug-likeness (QED) is 0.879. The minimum Gasteiger partial charge on any atom is -0.304 e. The third-order valence-corrected chi connectivity index (χ3v) is 4.26. The van der Waals surface area contributed by atoms with Crippen LogP contribution < -0.4 is 5.32 Å². The summed E-state index contributed by atoms with van der Waals surface area (Å²) in [6.45, 7) is 7.27. The molecule has 0 saturated carbocycles. The van der Waals surface area contributed by atoms with E-state index in [1.54, 1.807) is 11.3 Å². The van der Waals surface area contributed by atoms with Crippen molar-refractivity contribution in [2.45, 2.75) is 39.8 Å². The summed E-state index contributed by atoms with van der Waals surface area (Å²) >= 11 is 1.79. The number of benzene rings is 1. The zero-order chi connectivity index (χ0) is 13.0. The average Bonchev–Trinajstić information content (AvgIpc) is 2.71. The number of nitrogens with zero attached hydrogens (tertiary/aromatic N) is 1. The number of aromatic nitrogens is 1. The summed E-state index contributed by atoms with van der Waals surface area (Å²) in [6, 6.07) is 11.0. The molecule has 3 heteroatoms. The van der Waals surface area contributed by atoms with Crippen LogP contribution in [-0.2, 0) is 6.54 Å². The van der Waals surface area contributed by atoms with Gasteiger partial charge in [0.2, 0.25) is 0 Å². The molecule has 2 nitrogen and oxygen atoms in total. The monoisotopic (exact) mass is 260 g/mol. The van der Waals surface area contributed by atoms with Gasteiger partial charge in [-0.05, 0) is 25.8 Å². The molecule has 1 atom stereocenters. The van der Waals surface area contributed by atoms with Crippen LogP contribution in [0, 0.1) is 13.8 Å². The molecule has 1 N–H and O–H groups in total. The van der Waals surface area contributed by atoms with Gasteiger partial charge in [-0.1, -0.05) is 37.3 Å². The summed E-state index contributed by atoms with van der Waals surface area (Å²) < 4.78 is 0. The second-order valence-electron chi connectivity index (χ2n) is 4.50. The molecule has 0 aliphatic carbocycles. The second-order valence-corrected chi connectivity index (χ2v) is 5.79. The minimum atomic E-state index is 0.413. The molecular weight excluding hydrogens is 240 g/mol. The summed E-state index contributed by atoms with van der Waals surface area (Å²) in [5.41, 5.74) is 2.51. The van der Waals surface area contributed by atoms with E-state index in [0.717, 1.165) is 18.7 Å². The lowest BCUT2D eigenvalue weighted by molar-refractivity contribution is 0.518. The van der Waals surface area contributed by atoms with Crippen molar-refractivity contribution >= 4 is 11.3 Å². The smallest absolute Gasteiger partial charge is 0.107 e. The van der Waals surface area contributed by atoms with Crippen LogP contribution in [0.3, 0.4) is 0 Å². The van der Waals surface area contributed by atoms with Crippen molar-refractivity contribution in [1.82, 2.24) is 10.3 Å². The normalized spacial score (nSPS) is 12.6. The number of hydrogen-bond acceptors (Lipinski definition) is 3. The Balaban J connectivity index is 1.99. The molecule has 0 amide bonds. The Kier molecular flexibility index (Phi) is 4.50. The number of hydrogen-bond donors (Lipinski definition) is 1. The van der Waals surface area contributed by atoms with Crippen LogP contribution in [0.2, 0.25) is 0 Å². The molecule has 18 heavy (non-hydrogen) atoms. The van der Waals surface area contributed by atoms with Gasteiger partial charge in [0.1, 0.15) is 5.01 Å².